The molecule has 2 fully saturated rings. The predicted molar refractivity (Wildman–Crippen MR) is 42.2 cm³/mol. The largest absolute Gasteiger partial charge is 0.457 e. The topological polar surface area (TPSA) is 15.3 Å². The van der Waals surface area contributed by atoms with Crippen molar-refractivity contribution in [3.05, 3.63) is 0 Å². The first kappa shape index (κ1) is 9.27. The van der Waals surface area contributed by atoms with Gasteiger partial charge in [-0.05, 0) is 19.3 Å². The van der Waals surface area contributed by atoms with Crippen molar-refractivity contribution in [3.63, 3.8) is 0 Å². The van der Waals surface area contributed by atoms with Crippen LogP contribution in [-0.2, 0) is 0 Å². The Morgan fingerprint density at radius 1 is 1.15 bits per heavy atom. The monoisotopic (exact) mass is 194 g/mol. The van der Waals surface area contributed by atoms with Crippen molar-refractivity contribution < 1.29 is 13.2 Å². The van der Waals surface area contributed by atoms with E-state index in [0.29, 0.717) is 19.0 Å². The van der Waals surface area contributed by atoms with E-state index < -0.39 is 6.30 Å². The number of nitrogens with zero attached hydrogens (tertiary/aromatic N) is 1. The molecule has 1 aliphatic carbocycles. The lowest BCUT2D eigenvalue weighted by Crippen LogP contribution is -2.42. The molecule has 2 aliphatic rings. The van der Waals surface area contributed by atoms with E-state index in [1.165, 1.54) is 12.8 Å². The summed E-state index contributed by atoms with van der Waals surface area (Å²) in [6.45, 7) is 1.38. The number of alkyl halides is 3. The van der Waals surface area contributed by atoms with Crippen molar-refractivity contribution in [2.24, 2.45) is 0 Å². The molecule has 0 bridgehead atoms. The Kier molecular flexibility index (Phi) is 2.23. The molecule has 5 heteroatoms. The zero-order valence-electron chi connectivity index (χ0n) is 7.27. The molecule has 2 rings (SSSR count). The van der Waals surface area contributed by atoms with Gasteiger partial charge in [-0.15, -0.1) is 0 Å². The maximum atomic E-state index is 11.9. The Morgan fingerprint density at radius 2 is 1.85 bits per heavy atom. The van der Waals surface area contributed by atoms with Gasteiger partial charge in [0.25, 0.3) is 0 Å². The molecule has 1 N–H and O–H groups in total. The fraction of sp³-hybridized carbons (Fsp3) is 1.00. The van der Waals surface area contributed by atoms with Gasteiger partial charge in [-0.3, -0.25) is 4.90 Å². The molecule has 0 aromatic carbocycles. The molecule has 1 aliphatic heterocycles. The minimum absolute atomic E-state index is 0.388. The Hall–Kier alpha value is -0.290. The maximum Gasteiger partial charge on any atom is 0.457 e. The molecule has 0 radical (unpaired) electrons. The molecule has 13 heavy (non-hydrogen) atoms. The Balaban J connectivity index is 1.77. The van der Waals surface area contributed by atoms with Crippen LogP contribution in [0, 0.1) is 0 Å². The highest BCUT2D eigenvalue weighted by molar-refractivity contribution is 4.91. The minimum Gasteiger partial charge on any atom is -0.299 e. The summed E-state index contributed by atoms with van der Waals surface area (Å²) in [5.74, 6) is 0. The number of hydrogen-bond acceptors (Lipinski definition) is 2. The van der Waals surface area contributed by atoms with Gasteiger partial charge in [0, 0.05) is 25.2 Å². The van der Waals surface area contributed by atoms with Crippen LogP contribution in [0.1, 0.15) is 19.3 Å². The summed E-state index contributed by atoms with van der Waals surface area (Å²) in [5, 5.41) is 1.69. The van der Waals surface area contributed by atoms with E-state index >= 15 is 0 Å². The maximum absolute atomic E-state index is 11.9. The van der Waals surface area contributed by atoms with Gasteiger partial charge in [0.2, 0.25) is 0 Å². The summed E-state index contributed by atoms with van der Waals surface area (Å²) in [7, 11) is 0. The van der Waals surface area contributed by atoms with E-state index in [1.807, 2.05) is 0 Å². The van der Waals surface area contributed by atoms with E-state index in [4.69, 9.17) is 0 Å². The Morgan fingerprint density at radius 3 is 2.38 bits per heavy atom. The first-order valence-electron chi connectivity index (χ1n) is 4.63. The van der Waals surface area contributed by atoms with Crippen LogP contribution in [0.15, 0.2) is 0 Å². The molecule has 1 saturated heterocycles. The predicted octanol–water partition coefficient (Wildman–Crippen LogP) is 1.33. The second-order valence-electron chi connectivity index (χ2n) is 3.85. The second kappa shape index (κ2) is 3.13. The summed E-state index contributed by atoms with van der Waals surface area (Å²) >= 11 is 0. The second-order valence-corrected chi connectivity index (χ2v) is 3.85. The molecule has 0 amide bonds. The van der Waals surface area contributed by atoms with E-state index in [9.17, 15) is 13.2 Å². The summed E-state index contributed by atoms with van der Waals surface area (Å²) in [6, 6.07) is 0.195. The van der Waals surface area contributed by atoms with Gasteiger partial charge in [0.05, 0.1) is 0 Å². The number of hydrogen-bond donors (Lipinski definition) is 1. The highest BCUT2D eigenvalue weighted by atomic mass is 19.4. The molecule has 2 nitrogen and oxygen atoms in total. The Bertz CT molecular complexity index is 188. The highest BCUT2D eigenvalue weighted by Gasteiger charge is 2.38. The first-order valence-corrected chi connectivity index (χ1v) is 4.63. The fourth-order valence-corrected chi connectivity index (χ4v) is 1.91. The lowest BCUT2D eigenvalue weighted by Gasteiger charge is -2.17. The van der Waals surface area contributed by atoms with Gasteiger partial charge in [0.1, 0.15) is 0 Å². The lowest BCUT2D eigenvalue weighted by molar-refractivity contribution is -0.163. The average Bonchev–Trinajstić information content (AvgIpc) is 2.72. The zero-order chi connectivity index (χ0) is 9.47. The number of rotatable bonds is 2. The molecule has 0 aromatic heterocycles. The molecule has 0 unspecified atom stereocenters. The van der Waals surface area contributed by atoms with E-state index in [-0.39, 0.29) is 6.04 Å². The molecule has 1 saturated carbocycles. The summed E-state index contributed by atoms with van der Waals surface area (Å²) in [6.07, 6.45) is -1.27. The normalized spacial score (nSPS) is 31.2. The third kappa shape index (κ3) is 2.57. The van der Waals surface area contributed by atoms with Gasteiger partial charge < -0.3 is 0 Å². The van der Waals surface area contributed by atoms with Crippen molar-refractivity contribution >= 4 is 0 Å². The molecular weight excluding hydrogens is 181 g/mol. The van der Waals surface area contributed by atoms with Crippen LogP contribution >= 0.6 is 0 Å². The fourth-order valence-electron chi connectivity index (χ4n) is 1.91. The lowest BCUT2D eigenvalue weighted by atomic mass is 10.3. The highest BCUT2D eigenvalue weighted by Crippen LogP contribution is 2.30. The van der Waals surface area contributed by atoms with Gasteiger partial charge in [-0.2, -0.15) is 13.2 Å². The van der Waals surface area contributed by atoms with E-state index in [0.717, 1.165) is 6.54 Å². The average molecular weight is 194 g/mol. The quantitative estimate of drug-likeness (QED) is 0.667. The van der Waals surface area contributed by atoms with Gasteiger partial charge in [-0.1, -0.05) is 0 Å². The SMILES string of the molecule is FC(F)(F)N[C@H]1CCN(C2CC2)C1. The number of nitrogens with one attached hydrogen (secondary N) is 1. The van der Waals surface area contributed by atoms with Crippen molar-refractivity contribution in [1.29, 1.82) is 0 Å². The van der Waals surface area contributed by atoms with Crippen molar-refractivity contribution in [2.75, 3.05) is 13.1 Å². The molecule has 1 atom stereocenters. The Labute approximate surface area is 75.1 Å². The minimum atomic E-state index is -4.22. The van der Waals surface area contributed by atoms with Crippen LogP contribution in [-0.4, -0.2) is 36.4 Å². The van der Waals surface area contributed by atoms with Crippen molar-refractivity contribution in [2.45, 2.75) is 37.6 Å². The van der Waals surface area contributed by atoms with Crippen LogP contribution in [0.5, 0.6) is 0 Å². The van der Waals surface area contributed by atoms with Crippen LogP contribution < -0.4 is 5.32 Å². The third-order valence-electron chi connectivity index (χ3n) is 2.65. The van der Waals surface area contributed by atoms with Crippen molar-refractivity contribution in [3.8, 4) is 0 Å². The molecule has 0 spiro atoms. The van der Waals surface area contributed by atoms with E-state index in [1.54, 1.807) is 5.32 Å². The van der Waals surface area contributed by atoms with E-state index in [2.05, 4.69) is 4.90 Å². The van der Waals surface area contributed by atoms with Gasteiger partial charge in [-0.25, -0.2) is 5.32 Å². The molecular formula is C8H13F3N2. The zero-order valence-corrected chi connectivity index (χ0v) is 7.27. The molecule has 0 aromatic rings. The molecule has 76 valence electrons. The van der Waals surface area contributed by atoms with Crippen LogP contribution in [0.4, 0.5) is 13.2 Å². The standard InChI is InChI=1S/C8H13F3N2/c9-8(10,11)12-6-3-4-13(5-6)7-1-2-7/h6-7,12H,1-5H2/t6-/m0/s1. The first-order chi connectivity index (χ1) is 6.04. The van der Waals surface area contributed by atoms with Crippen LogP contribution in [0.25, 0.3) is 0 Å². The summed E-state index contributed by atoms with van der Waals surface area (Å²) in [4.78, 5) is 2.16. The number of halogens is 3. The molecule has 1 heterocycles. The third-order valence-corrected chi connectivity index (χ3v) is 2.65. The van der Waals surface area contributed by atoms with Crippen molar-refractivity contribution in [1.82, 2.24) is 10.2 Å². The summed E-state index contributed by atoms with van der Waals surface area (Å²) in [5.41, 5.74) is 0. The summed E-state index contributed by atoms with van der Waals surface area (Å²) < 4.78 is 35.8. The number of likely N-dealkylation sites (tertiary alicyclic amines) is 1. The van der Waals surface area contributed by atoms with Gasteiger partial charge in [0.15, 0.2) is 0 Å². The van der Waals surface area contributed by atoms with Gasteiger partial charge >= 0.3 is 6.30 Å². The van der Waals surface area contributed by atoms with Crippen LogP contribution in [0.2, 0.25) is 0 Å². The smallest absolute Gasteiger partial charge is 0.299 e. The van der Waals surface area contributed by atoms with Crippen LogP contribution in [0.3, 0.4) is 0 Å².